The number of nitrogens with zero attached hydrogens (tertiary/aromatic N) is 1. The standard InChI is InChI=1S/C12H24FNO/c1-11(2)12(10-15-3)6-4-8-14(12)9-5-7-13/h11H,4-10H2,1-3H3. The average Bonchev–Trinajstić information content (AvgIpc) is 2.60. The second kappa shape index (κ2) is 5.80. The van der Waals surface area contributed by atoms with Crippen LogP contribution >= 0.6 is 0 Å². The van der Waals surface area contributed by atoms with E-state index in [2.05, 4.69) is 18.7 Å². The minimum atomic E-state index is -0.211. The van der Waals surface area contributed by atoms with Gasteiger partial charge in [-0.1, -0.05) is 13.8 Å². The van der Waals surface area contributed by atoms with Gasteiger partial charge in [-0.05, 0) is 31.7 Å². The molecule has 2 nitrogen and oxygen atoms in total. The molecule has 3 heteroatoms. The highest BCUT2D eigenvalue weighted by Crippen LogP contribution is 2.36. The molecule has 90 valence electrons. The lowest BCUT2D eigenvalue weighted by Gasteiger charge is -2.41. The molecule has 0 aromatic heterocycles. The van der Waals surface area contributed by atoms with Gasteiger partial charge in [0.1, 0.15) is 0 Å². The Hall–Kier alpha value is -0.150. The van der Waals surface area contributed by atoms with Crippen molar-refractivity contribution in [3.05, 3.63) is 0 Å². The van der Waals surface area contributed by atoms with Crippen LogP contribution in [0.25, 0.3) is 0 Å². The summed E-state index contributed by atoms with van der Waals surface area (Å²) in [4.78, 5) is 2.43. The van der Waals surface area contributed by atoms with Crippen molar-refractivity contribution in [1.82, 2.24) is 4.90 Å². The van der Waals surface area contributed by atoms with E-state index in [-0.39, 0.29) is 12.2 Å². The molecule has 0 spiro atoms. The molecule has 0 amide bonds. The summed E-state index contributed by atoms with van der Waals surface area (Å²) in [6.07, 6.45) is 3.05. The molecule has 0 N–H and O–H groups in total. The summed E-state index contributed by atoms with van der Waals surface area (Å²) in [6, 6.07) is 0. The maximum atomic E-state index is 12.2. The highest BCUT2D eigenvalue weighted by molar-refractivity contribution is 4.98. The zero-order valence-electron chi connectivity index (χ0n) is 10.3. The molecule has 0 aromatic rings. The van der Waals surface area contributed by atoms with Gasteiger partial charge in [0.05, 0.1) is 13.3 Å². The molecule has 1 atom stereocenters. The Morgan fingerprint density at radius 3 is 2.73 bits per heavy atom. The first-order chi connectivity index (χ1) is 7.17. The third-order valence-corrected chi connectivity index (χ3v) is 3.70. The number of methoxy groups -OCH3 is 1. The lowest BCUT2D eigenvalue weighted by molar-refractivity contribution is 0.00456. The highest BCUT2D eigenvalue weighted by Gasteiger charge is 2.42. The molecule has 1 aliphatic heterocycles. The Bertz CT molecular complexity index is 186. The zero-order chi connectivity index (χ0) is 11.3. The Labute approximate surface area is 92.8 Å². The molecule has 0 radical (unpaired) electrons. The fourth-order valence-corrected chi connectivity index (χ4v) is 2.78. The van der Waals surface area contributed by atoms with E-state index in [0.29, 0.717) is 12.3 Å². The fourth-order valence-electron chi connectivity index (χ4n) is 2.78. The van der Waals surface area contributed by atoms with E-state index in [1.54, 1.807) is 7.11 Å². The van der Waals surface area contributed by atoms with E-state index in [1.807, 2.05) is 0 Å². The van der Waals surface area contributed by atoms with Gasteiger partial charge in [0.15, 0.2) is 0 Å². The van der Waals surface area contributed by atoms with Gasteiger partial charge in [0.2, 0.25) is 0 Å². The Morgan fingerprint density at radius 1 is 1.47 bits per heavy atom. The van der Waals surface area contributed by atoms with Crippen LogP contribution in [0.1, 0.15) is 33.1 Å². The number of hydrogen-bond donors (Lipinski definition) is 0. The molecule has 1 rings (SSSR count). The number of hydrogen-bond acceptors (Lipinski definition) is 2. The topological polar surface area (TPSA) is 12.5 Å². The first kappa shape index (κ1) is 12.9. The van der Waals surface area contributed by atoms with Crippen LogP contribution in [0.3, 0.4) is 0 Å². The average molecular weight is 217 g/mol. The normalized spacial score (nSPS) is 27.8. The molecule has 1 aliphatic rings. The van der Waals surface area contributed by atoms with Crippen LogP contribution in [-0.4, -0.2) is 43.9 Å². The van der Waals surface area contributed by atoms with Gasteiger partial charge in [-0.15, -0.1) is 0 Å². The van der Waals surface area contributed by atoms with Gasteiger partial charge in [-0.2, -0.15) is 0 Å². The van der Waals surface area contributed by atoms with Crippen LogP contribution in [0.4, 0.5) is 4.39 Å². The summed E-state index contributed by atoms with van der Waals surface area (Å²) < 4.78 is 17.6. The maximum Gasteiger partial charge on any atom is 0.0906 e. The van der Waals surface area contributed by atoms with Crippen molar-refractivity contribution in [2.45, 2.75) is 38.6 Å². The second-order valence-corrected chi connectivity index (χ2v) is 4.82. The van der Waals surface area contributed by atoms with E-state index < -0.39 is 0 Å². The number of alkyl halides is 1. The Kier molecular flexibility index (Phi) is 5.00. The highest BCUT2D eigenvalue weighted by atomic mass is 19.1. The third kappa shape index (κ3) is 2.70. The van der Waals surface area contributed by atoms with Gasteiger partial charge in [-0.25, -0.2) is 0 Å². The van der Waals surface area contributed by atoms with E-state index in [0.717, 1.165) is 19.7 Å². The SMILES string of the molecule is COCC1(C(C)C)CCCN1CCCF. The smallest absolute Gasteiger partial charge is 0.0906 e. The van der Waals surface area contributed by atoms with Crippen molar-refractivity contribution < 1.29 is 9.13 Å². The quantitative estimate of drug-likeness (QED) is 0.677. The first-order valence-corrected chi connectivity index (χ1v) is 5.97. The van der Waals surface area contributed by atoms with E-state index in [4.69, 9.17) is 4.74 Å². The van der Waals surface area contributed by atoms with E-state index >= 15 is 0 Å². The minimum absolute atomic E-state index is 0.157. The van der Waals surface area contributed by atoms with Gasteiger partial charge >= 0.3 is 0 Å². The molecule has 0 bridgehead atoms. The lowest BCUT2D eigenvalue weighted by atomic mass is 9.84. The summed E-state index contributed by atoms with van der Waals surface area (Å²) in [5, 5.41) is 0. The summed E-state index contributed by atoms with van der Waals surface area (Å²) in [5.74, 6) is 0.569. The van der Waals surface area contributed by atoms with E-state index in [9.17, 15) is 4.39 Å². The van der Waals surface area contributed by atoms with Crippen molar-refractivity contribution in [1.29, 1.82) is 0 Å². The summed E-state index contributed by atoms with van der Waals surface area (Å²) in [7, 11) is 1.76. The van der Waals surface area contributed by atoms with Crippen molar-refractivity contribution in [3.63, 3.8) is 0 Å². The first-order valence-electron chi connectivity index (χ1n) is 5.97. The molecule has 1 saturated heterocycles. The molecule has 15 heavy (non-hydrogen) atoms. The maximum absolute atomic E-state index is 12.2. The second-order valence-electron chi connectivity index (χ2n) is 4.82. The summed E-state index contributed by atoms with van der Waals surface area (Å²) >= 11 is 0. The van der Waals surface area contributed by atoms with Gasteiger partial charge in [0.25, 0.3) is 0 Å². The Balaban J connectivity index is 2.66. The monoisotopic (exact) mass is 217 g/mol. The van der Waals surface area contributed by atoms with Crippen LogP contribution < -0.4 is 0 Å². The molecule has 0 aliphatic carbocycles. The largest absolute Gasteiger partial charge is 0.383 e. The number of likely N-dealkylation sites (tertiary alicyclic amines) is 1. The molecule has 1 unspecified atom stereocenters. The van der Waals surface area contributed by atoms with E-state index in [1.165, 1.54) is 12.8 Å². The van der Waals surface area contributed by atoms with Crippen molar-refractivity contribution in [2.24, 2.45) is 5.92 Å². The predicted molar refractivity (Wildman–Crippen MR) is 60.8 cm³/mol. The fraction of sp³-hybridized carbons (Fsp3) is 1.00. The zero-order valence-corrected chi connectivity index (χ0v) is 10.3. The Morgan fingerprint density at radius 2 is 2.20 bits per heavy atom. The van der Waals surface area contributed by atoms with Crippen molar-refractivity contribution in [2.75, 3.05) is 33.5 Å². The summed E-state index contributed by atoms with van der Waals surface area (Å²) in [5.41, 5.74) is 0.157. The van der Waals surface area contributed by atoms with Crippen molar-refractivity contribution in [3.8, 4) is 0 Å². The molecule has 0 saturated carbocycles. The molecule has 1 heterocycles. The molecule has 1 fully saturated rings. The predicted octanol–water partition coefficient (Wildman–Crippen LogP) is 2.48. The van der Waals surface area contributed by atoms with Gasteiger partial charge < -0.3 is 4.74 Å². The molecular weight excluding hydrogens is 193 g/mol. The molecule has 0 aromatic carbocycles. The minimum Gasteiger partial charge on any atom is -0.383 e. The number of ether oxygens (including phenoxy) is 1. The van der Waals surface area contributed by atoms with Crippen LogP contribution in [-0.2, 0) is 4.74 Å². The van der Waals surface area contributed by atoms with Crippen molar-refractivity contribution >= 4 is 0 Å². The van der Waals surface area contributed by atoms with Crippen LogP contribution in [0.15, 0.2) is 0 Å². The van der Waals surface area contributed by atoms with Crippen LogP contribution in [0, 0.1) is 5.92 Å². The van der Waals surface area contributed by atoms with Crippen LogP contribution in [0.2, 0.25) is 0 Å². The number of rotatable bonds is 6. The van der Waals surface area contributed by atoms with Gasteiger partial charge in [-0.3, -0.25) is 9.29 Å². The summed E-state index contributed by atoms with van der Waals surface area (Å²) in [6.45, 7) is 7.02. The van der Waals surface area contributed by atoms with Gasteiger partial charge in [0, 0.05) is 19.2 Å². The number of halogens is 1. The van der Waals surface area contributed by atoms with Crippen LogP contribution in [0.5, 0.6) is 0 Å². The lowest BCUT2D eigenvalue weighted by Crippen LogP contribution is -2.51. The molecular formula is C12H24FNO. The third-order valence-electron chi connectivity index (χ3n) is 3.70.